The second-order valence-corrected chi connectivity index (χ2v) is 8.43. The third-order valence-corrected chi connectivity index (χ3v) is 6.12. The van der Waals surface area contributed by atoms with Crippen LogP contribution in [0, 0.1) is 10.1 Å². The topological polar surface area (TPSA) is 142 Å². The Hall–Kier alpha value is -4.77. The van der Waals surface area contributed by atoms with Gasteiger partial charge in [-0.3, -0.25) is 20.2 Å². The number of benzene rings is 2. The van der Waals surface area contributed by atoms with Crippen molar-refractivity contribution in [3.8, 4) is 0 Å². The van der Waals surface area contributed by atoms with E-state index >= 15 is 0 Å². The zero-order valence-electron chi connectivity index (χ0n) is 18.0. The Morgan fingerprint density at radius 3 is 2.74 bits per heavy atom. The van der Waals surface area contributed by atoms with Gasteiger partial charge in [0.15, 0.2) is 6.33 Å². The number of rotatable bonds is 7. The molecule has 0 aliphatic heterocycles. The number of hydrogen-bond donors (Lipinski definition) is 3. The Morgan fingerprint density at radius 2 is 1.91 bits per heavy atom. The van der Waals surface area contributed by atoms with Gasteiger partial charge in [0.2, 0.25) is 5.82 Å². The van der Waals surface area contributed by atoms with Crippen LogP contribution >= 0.6 is 11.8 Å². The molecule has 3 N–H and O–H groups in total. The minimum Gasteiger partial charge on any atom is -0.358 e. The molecule has 35 heavy (non-hydrogen) atoms. The summed E-state index contributed by atoms with van der Waals surface area (Å²) in [5, 5.41) is 22.0. The highest BCUT2D eigenvalue weighted by atomic mass is 32.2. The van der Waals surface area contributed by atoms with Gasteiger partial charge >= 0.3 is 5.82 Å². The molecule has 3 aromatic heterocycles. The minimum atomic E-state index is -0.636. The van der Waals surface area contributed by atoms with E-state index in [-0.39, 0.29) is 11.6 Å². The molecule has 5 rings (SSSR count). The highest BCUT2D eigenvalue weighted by molar-refractivity contribution is 7.99. The summed E-state index contributed by atoms with van der Waals surface area (Å²) in [6.45, 7) is 0. The molecule has 172 valence electrons. The number of aromatic nitrogens is 5. The van der Waals surface area contributed by atoms with Crippen molar-refractivity contribution in [2.75, 3.05) is 5.32 Å². The number of hydrogen-bond acceptors (Lipinski definition) is 7. The Kier molecular flexibility index (Phi) is 6.05. The van der Waals surface area contributed by atoms with E-state index in [9.17, 15) is 14.9 Å². The number of fused-ring (bicyclic) bond motifs is 1. The maximum absolute atomic E-state index is 12.9. The maximum Gasteiger partial charge on any atom is 0.365 e. The number of H-pyrrole nitrogens is 2. The first-order chi connectivity index (χ1) is 17.1. The Morgan fingerprint density at radius 1 is 1.06 bits per heavy atom. The van der Waals surface area contributed by atoms with Crippen molar-refractivity contribution in [1.29, 1.82) is 0 Å². The van der Waals surface area contributed by atoms with Crippen molar-refractivity contribution in [2.24, 2.45) is 0 Å². The molecular formula is C24H17N7O3S. The third kappa shape index (κ3) is 4.80. The quantitative estimate of drug-likeness (QED) is 0.214. The van der Waals surface area contributed by atoms with Crippen LogP contribution < -0.4 is 5.32 Å². The van der Waals surface area contributed by atoms with Crippen molar-refractivity contribution in [3.63, 3.8) is 0 Å². The normalized spacial score (nSPS) is 11.2. The highest BCUT2D eigenvalue weighted by Gasteiger charge is 2.20. The van der Waals surface area contributed by atoms with Gasteiger partial charge in [0.25, 0.3) is 5.91 Å². The number of nitrogens with zero attached hydrogens (tertiary/aromatic N) is 4. The van der Waals surface area contributed by atoms with Gasteiger partial charge < -0.3 is 10.1 Å². The molecule has 0 radical (unpaired) electrons. The average Bonchev–Trinajstić information content (AvgIpc) is 3.50. The fourth-order valence-corrected chi connectivity index (χ4v) is 4.40. The van der Waals surface area contributed by atoms with Crippen molar-refractivity contribution in [3.05, 3.63) is 100 Å². The van der Waals surface area contributed by atoms with Crippen LogP contribution in [-0.4, -0.2) is 36.0 Å². The van der Waals surface area contributed by atoms with Crippen LogP contribution in [0.25, 0.3) is 23.1 Å². The first-order valence-corrected chi connectivity index (χ1v) is 11.2. The highest BCUT2D eigenvalue weighted by Crippen LogP contribution is 2.33. The monoisotopic (exact) mass is 483 g/mol. The predicted molar refractivity (Wildman–Crippen MR) is 133 cm³/mol. The summed E-state index contributed by atoms with van der Waals surface area (Å²) >= 11 is 1.40. The summed E-state index contributed by atoms with van der Waals surface area (Å²) in [4.78, 5) is 35.4. The van der Waals surface area contributed by atoms with Gasteiger partial charge in [-0.15, -0.1) is 0 Å². The number of carbonyl (C=O) groups excluding carboxylic acids is 1. The SMILES string of the molecule is O=C(Nc1nc[nH]c1[N+](=O)[O-])c1ccccc1Sc1ccc2c(/C=C/c3ccccn3)n[nH]c2c1. The molecule has 0 spiro atoms. The van der Waals surface area contributed by atoms with E-state index in [2.05, 4.69) is 30.5 Å². The van der Waals surface area contributed by atoms with Crippen LogP contribution in [0.15, 0.2) is 83.0 Å². The number of pyridine rings is 1. The second-order valence-electron chi connectivity index (χ2n) is 7.31. The molecule has 3 heterocycles. The number of aromatic amines is 2. The molecule has 0 bridgehead atoms. The van der Waals surface area contributed by atoms with Crippen LogP contribution in [0.3, 0.4) is 0 Å². The van der Waals surface area contributed by atoms with Crippen LogP contribution in [0.4, 0.5) is 11.6 Å². The summed E-state index contributed by atoms with van der Waals surface area (Å²) in [7, 11) is 0. The molecular weight excluding hydrogens is 466 g/mol. The Bertz CT molecular complexity index is 1560. The number of amides is 1. The van der Waals surface area contributed by atoms with Crippen molar-refractivity contribution in [2.45, 2.75) is 9.79 Å². The van der Waals surface area contributed by atoms with E-state index in [0.717, 1.165) is 33.5 Å². The van der Waals surface area contributed by atoms with E-state index in [1.54, 1.807) is 18.3 Å². The first kappa shape index (κ1) is 22.0. The fraction of sp³-hybridized carbons (Fsp3) is 0. The Labute approximate surface area is 202 Å². The molecule has 0 unspecified atom stereocenters. The smallest absolute Gasteiger partial charge is 0.358 e. The molecule has 0 atom stereocenters. The number of anilines is 1. The summed E-state index contributed by atoms with van der Waals surface area (Å²) in [6.07, 6.45) is 6.70. The number of nitro groups is 1. The average molecular weight is 484 g/mol. The molecule has 0 aliphatic carbocycles. The van der Waals surface area contributed by atoms with Crippen molar-refractivity contribution < 1.29 is 9.72 Å². The van der Waals surface area contributed by atoms with Gasteiger partial charge in [0.1, 0.15) is 0 Å². The van der Waals surface area contributed by atoms with E-state index < -0.39 is 10.8 Å². The molecule has 0 saturated heterocycles. The van der Waals surface area contributed by atoms with Crippen molar-refractivity contribution >= 4 is 52.4 Å². The standard InChI is InChI=1S/C24H17N7O3S/c32-24(28-22-23(31(33)34)27-14-26-22)18-6-1-2-7-21(18)35-16-9-10-17-19(29-30-20(17)13-16)11-8-15-5-3-4-12-25-15/h1-14H,(H,26,27)(H,28,32)(H,29,30)/b11-8+. The third-order valence-electron chi connectivity index (χ3n) is 5.06. The molecule has 11 heteroatoms. The van der Waals surface area contributed by atoms with Gasteiger partial charge in [0, 0.05) is 21.4 Å². The van der Waals surface area contributed by atoms with Gasteiger partial charge in [-0.2, -0.15) is 10.1 Å². The zero-order chi connectivity index (χ0) is 24.2. The zero-order valence-corrected chi connectivity index (χ0v) is 18.8. The van der Waals surface area contributed by atoms with Crippen LogP contribution in [-0.2, 0) is 0 Å². The summed E-state index contributed by atoms with van der Waals surface area (Å²) in [5.41, 5.74) is 2.86. The van der Waals surface area contributed by atoms with Crippen molar-refractivity contribution in [1.82, 2.24) is 25.1 Å². The lowest BCUT2D eigenvalue weighted by Crippen LogP contribution is -2.14. The van der Waals surface area contributed by atoms with Crippen LogP contribution in [0.1, 0.15) is 21.7 Å². The van der Waals surface area contributed by atoms with Crippen LogP contribution in [0.5, 0.6) is 0 Å². The van der Waals surface area contributed by atoms with E-state index in [0.29, 0.717) is 10.5 Å². The number of nitrogens with one attached hydrogen (secondary N) is 3. The Balaban J connectivity index is 1.37. The molecule has 0 fully saturated rings. The molecule has 0 aliphatic rings. The fourth-order valence-electron chi connectivity index (χ4n) is 3.41. The van der Waals surface area contributed by atoms with Gasteiger partial charge in [-0.05, 0) is 59.5 Å². The lowest BCUT2D eigenvalue weighted by molar-refractivity contribution is -0.388. The van der Waals surface area contributed by atoms with E-state index in [1.165, 1.54) is 11.8 Å². The minimum absolute atomic E-state index is 0.134. The molecule has 0 saturated carbocycles. The first-order valence-electron chi connectivity index (χ1n) is 10.4. The predicted octanol–water partition coefficient (Wildman–Crippen LogP) is 5.16. The molecule has 2 aromatic carbocycles. The van der Waals surface area contributed by atoms with Crippen LogP contribution in [0.2, 0.25) is 0 Å². The lowest BCUT2D eigenvalue weighted by Gasteiger charge is -2.09. The largest absolute Gasteiger partial charge is 0.365 e. The summed E-state index contributed by atoms with van der Waals surface area (Å²) < 4.78 is 0. The van der Waals surface area contributed by atoms with Gasteiger partial charge in [0.05, 0.1) is 22.5 Å². The summed E-state index contributed by atoms with van der Waals surface area (Å²) in [6, 6.07) is 18.6. The maximum atomic E-state index is 12.9. The van der Waals surface area contributed by atoms with Gasteiger partial charge in [-0.1, -0.05) is 30.0 Å². The summed E-state index contributed by atoms with van der Waals surface area (Å²) in [5.74, 6) is -1.00. The molecule has 1 amide bonds. The second kappa shape index (κ2) is 9.61. The van der Waals surface area contributed by atoms with E-state index in [4.69, 9.17) is 0 Å². The number of imidazole rings is 1. The number of carbonyl (C=O) groups is 1. The van der Waals surface area contributed by atoms with Gasteiger partial charge in [-0.25, -0.2) is 4.98 Å². The van der Waals surface area contributed by atoms with E-state index in [1.807, 2.05) is 60.7 Å². The molecule has 10 nitrogen and oxygen atoms in total. The molecule has 5 aromatic rings. The lowest BCUT2D eigenvalue weighted by atomic mass is 10.2.